The fourth-order valence-electron chi connectivity index (χ4n) is 11.9. The molecule has 312 valence electrons. The molecule has 1 aliphatic carbocycles. The highest BCUT2D eigenvalue weighted by atomic mass is 32.2. The van der Waals surface area contributed by atoms with Crippen LogP contribution in [0.15, 0.2) is 240 Å². The minimum absolute atomic E-state index is 0.568. The van der Waals surface area contributed by atoms with Gasteiger partial charge in [-0.15, -0.1) is 11.3 Å². The maximum Gasteiger partial charge on any atom is 0.0736 e. The number of fused-ring (bicyclic) bond motifs is 15. The lowest BCUT2D eigenvalue weighted by molar-refractivity contribution is 0.707. The molecule has 3 heterocycles. The summed E-state index contributed by atoms with van der Waals surface area (Å²) in [6.07, 6.45) is 0. The summed E-state index contributed by atoms with van der Waals surface area (Å²) in [5, 5.41) is 10.1. The van der Waals surface area contributed by atoms with E-state index in [9.17, 15) is 0 Å². The van der Waals surface area contributed by atoms with Gasteiger partial charge in [0.05, 0.1) is 22.1 Å². The van der Waals surface area contributed by atoms with E-state index < -0.39 is 5.41 Å². The number of aromatic nitrogens is 1. The molecule has 2 nitrogen and oxygen atoms in total. The Morgan fingerprint density at radius 1 is 0.358 bits per heavy atom. The van der Waals surface area contributed by atoms with Gasteiger partial charge in [-0.1, -0.05) is 169 Å². The molecule has 67 heavy (non-hydrogen) atoms. The van der Waals surface area contributed by atoms with E-state index in [1.165, 1.54) is 112 Å². The third-order valence-electron chi connectivity index (χ3n) is 14.6. The van der Waals surface area contributed by atoms with Crippen LogP contribution in [0.4, 0.5) is 17.1 Å². The molecule has 0 atom stereocenters. The monoisotopic (exact) mass is 886 g/mol. The highest BCUT2D eigenvalue weighted by Gasteiger charge is 2.48. The van der Waals surface area contributed by atoms with Gasteiger partial charge in [-0.3, -0.25) is 0 Å². The fraction of sp³-hybridized carbons (Fsp3) is 0.0159. The highest BCUT2D eigenvalue weighted by molar-refractivity contribution is 7.99. The van der Waals surface area contributed by atoms with E-state index in [2.05, 4.69) is 240 Å². The molecule has 1 aliphatic heterocycles. The van der Waals surface area contributed by atoms with E-state index in [0.29, 0.717) is 0 Å². The molecule has 0 radical (unpaired) electrons. The molecule has 0 fully saturated rings. The number of anilines is 3. The zero-order valence-corrected chi connectivity index (χ0v) is 37.8. The van der Waals surface area contributed by atoms with Crippen LogP contribution in [0.25, 0.3) is 80.3 Å². The Bertz CT molecular complexity index is 4170. The number of hydrogen-bond donors (Lipinski definition) is 0. The van der Waals surface area contributed by atoms with Crippen LogP contribution in [0.3, 0.4) is 0 Å². The number of benzene rings is 11. The molecular weight excluding hydrogens is 849 g/mol. The number of para-hydroxylation sites is 1. The quantitative estimate of drug-likeness (QED) is 0.174. The first-order valence-electron chi connectivity index (χ1n) is 23.0. The molecule has 2 aromatic heterocycles. The average Bonchev–Trinajstić information content (AvgIpc) is 3.92. The average molecular weight is 887 g/mol. The van der Waals surface area contributed by atoms with Gasteiger partial charge in [0.1, 0.15) is 0 Å². The van der Waals surface area contributed by atoms with Gasteiger partial charge in [0, 0.05) is 63.2 Å². The first-order chi connectivity index (χ1) is 33.2. The molecule has 2 aliphatic rings. The van der Waals surface area contributed by atoms with Crippen LogP contribution in [0.1, 0.15) is 22.3 Å². The zero-order valence-electron chi connectivity index (χ0n) is 36.2. The van der Waals surface area contributed by atoms with Gasteiger partial charge >= 0.3 is 0 Å². The van der Waals surface area contributed by atoms with Crippen molar-refractivity contribution < 1.29 is 0 Å². The molecule has 15 rings (SSSR count). The SMILES string of the molecule is c1ccc2c(c1)Sc1ccccc1C21c2cc(N(c3ccc4sc5ccccc5c4c3)c3ccc4c5ccccc5n(-c5cccc6ccccc56)c4c3)ccc2-c2cccc3cccc1c23. The summed E-state index contributed by atoms with van der Waals surface area (Å²) in [6, 6.07) is 86.7. The van der Waals surface area contributed by atoms with Crippen molar-refractivity contribution in [1.82, 2.24) is 4.57 Å². The van der Waals surface area contributed by atoms with Crippen LogP contribution in [0.5, 0.6) is 0 Å². The largest absolute Gasteiger partial charge is 0.310 e. The molecule has 4 heteroatoms. The second kappa shape index (κ2) is 14.1. The van der Waals surface area contributed by atoms with Crippen LogP contribution >= 0.6 is 23.1 Å². The van der Waals surface area contributed by atoms with Crippen molar-refractivity contribution in [3.8, 4) is 16.8 Å². The molecule has 1 spiro atoms. The van der Waals surface area contributed by atoms with E-state index >= 15 is 0 Å². The van der Waals surface area contributed by atoms with Crippen molar-refractivity contribution in [3.63, 3.8) is 0 Å². The minimum Gasteiger partial charge on any atom is -0.310 e. The van der Waals surface area contributed by atoms with Gasteiger partial charge in [-0.2, -0.15) is 0 Å². The predicted octanol–water partition coefficient (Wildman–Crippen LogP) is 17.8. The van der Waals surface area contributed by atoms with Gasteiger partial charge in [-0.25, -0.2) is 0 Å². The van der Waals surface area contributed by atoms with E-state index in [-0.39, 0.29) is 0 Å². The van der Waals surface area contributed by atoms with Crippen molar-refractivity contribution in [1.29, 1.82) is 0 Å². The summed E-state index contributed by atoms with van der Waals surface area (Å²) >= 11 is 3.76. The van der Waals surface area contributed by atoms with Crippen LogP contribution in [-0.2, 0) is 5.41 Å². The first-order valence-corrected chi connectivity index (χ1v) is 24.6. The van der Waals surface area contributed by atoms with Crippen molar-refractivity contribution in [3.05, 3.63) is 253 Å². The minimum atomic E-state index is -0.568. The van der Waals surface area contributed by atoms with Gasteiger partial charge in [-0.05, 0) is 122 Å². The Labute approximate surface area is 395 Å². The highest BCUT2D eigenvalue weighted by Crippen LogP contribution is 2.62. The Hall–Kier alpha value is -7.89. The topological polar surface area (TPSA) is 8.17 Å². The zero-order chi connectivity index (χ0) is 43.8. The molecule has 0 saturated heterocycles. The van der Waals surface area contributed by atoms with E-state index in [1.807, 2.05) is 23.1 Å². The third-order valence-corrected chi connectivity index (χ3v) is 16.9. The summed E-state index contributed by atoms with van der Waals surface area (Å²) in [7, 11) is 0. The van der Waals surface area contributed by atoms with Gasteiger partial charge in [0.2, 0.25) is 0 Å². The summed E-state index contributed by atoms with van der Waals surface area (Å²) in [5.41, 5.74) is 14.2. The molecule has 0 amide bonds. The summed E-state index contributed by atoms with van der Waals surface area (Å²) < 4.78 is 5.08. The van der Waals surface area contributed by atoms with Crippen LogP contribution in [-0.4, -0.2) is 4.57 Å². The van der Waals surface area contributed by atoms with Crippen LogP contribution in [0.2, 0.25) is 0 Å². The van der Waals surface area contributed by atoms with Gasteiger partial charge in [0.15, 0.2) is 0 Å². The molecule has 0 bridgehead atoms. The fourth-order valence-corrected chi connectivity index (χ4v) is 14.2. The van der Waals surface area contributed by atoms with Crippen LogP contribution < -0.4 is 4.90 Å². The molecular formula is C63H38N2S2. The van der Waals surface area contributed by atoms with E-state index in [0.717, 1.165) is 17.1 Å². The van der Waals surface area contributed by atoms with Crippen LogP contribution in [0, 0.1) is 0 Å². The predicted molar refractivity (Wildman–Crippen MR) is 285 cm³/mol. The Balaban J connectivity index is 1.05. The van der Waals surface area contributed by atoms with E-state index in [1.54, 1.807) is 0 Å². The second-order valence-electron chi connectivity index (χ2n) is 17.9. The summed E-state index contributed by atoms with van der Waals surface area (Å²) in [4.78, 5) is 5.11. The first kappa shape index (κ1) is 37.3. The normalized spacial score (nSPS) is 13.4. The van der Waals surface area contributed by atoms with Crippen molar-refractivity contribution in [2.24, 2.45) is 0 Å². The Kier molecular flexibility index (Phi) is 7.84. The number of thiophene rings is 1. The maximum absolute atomic E-state index is 2.54. The lowest BCUT2D eigenvalue weighted by Crippen LogP contribution is -2.36. The lowest BCUT2D eigenvalue weighted by Gasteiger charge is -2.46. The maximum atomic E-state index is 2.54. The van der Waals surface area contributed by atoms with Crippen molar-refractivity contribution >= 4 is 104 Å². The van der Waals surface area contributed by atoms with Gasteiger partial charge in [0.25, 0.3) is 0 Å². The Morgan fingerprint density at radius 3 is 1.82 bits per heavy atom. The molecule has 0 saturated carbocycles. The third kappa shape index (κ3) is 5.17. The van der Waals surface area contributed by atoms with Crippen molar-refractivity contribution in [2.75, 3.05) is 4.90 Å². The smallest absolute Gasteiger partial charge is 0.0736 e. The Morgan fingerprint density at radius 2 is 0.955 bits per heavy atom. The summed E-state index contributed by atoms with van der Waals surface area (Å²) in [5.74, 6) is 0. The number of nitrogens with zero attached hydrogens (tertiary/aromatic N) is 2. The van der Waals surface area contributed by atoms with Crippen molar-refractivity contribution in [2.45, 2.75) is 15.2 Å². The van der Waals surface area contributed by atoms with E-state index in [4.69, 9.17) is 0 Å². The standard InChI is InChI=1S/C63H38N2S2/c1-2-18-44-39(14-1)15-13-26-55(44)65-56-25-7-3-19-46(56)47-34-31-43(38-57(47)65)64(41-32-35-59-50(36-41)48-20-4-8-27-58(48)66-59)42-30-33-45-49-21-11-16-40-17-12-24-53(62(40)49)63(54(45)37-42)51-22-5-9-28-60(51)67-61-29-10-6-23-52(61)63/h1-38H. The number of hydrogen-bond acceptors (Lipinski definition) is 3. The molecule has 0 unspecified atom stereocenters. The lowest BCUT2D eigenvalue weighted by atomic mass is 9.59. The molecule has 11 aromatic carbocycles. The summed E-state index contributed by atoms with van der Waals surface area (Å²) in [6.45, 7) is 0. The molecule has 13 aromatic rings. The second-order valence-corrected chi connectivity index (χ2v) is 20.1. The van der Waals surface area contributed by atoms with Gasteiger partial charge < -0.3 is 9.47 Å². The molecule has 0 N–H and O–H groups in total. The number of rotatable bonds is 4.